The van der Waals surface area contributed by atoms with E-state index in [9.17, 15) is 51.1 Å². The van der Waals surface area contributed by atoms with Gasteiger partial charge in [0.05, 0.1) is 12.2 Å². The molecule has 12 nitrogen and oxygen atoms in total. The van der Waals surface area contributed by atoms with Crippen LogP contribution in [0.2, 0.25) is 0 Å². The van der Waals surface area contributed by atoms with E-state index in [1.807, 2.05) is 0 Å². The summed E-state index contributed by atoms with van der Waals surface area (Å²) in [7, 11) is 0. The number of phenolic OH excluding ortho intramolecular Hbond substituents is 8. The van der Waals surface area contributed by atoms with Gasteiger partial charge in [0.15, 0.2) is 23.0 Å². The van der Waals surface area contributed by atoms with Gasteiger partial charge in [-0.1, -0.05) is 12.1 Å². The van der Waals surface area contributed by atoms with Crippen LogP contribution in [0.1, 0.15) is 51.2 Å². The quantitative estimate of drug-likeness (QED) is 0.151. The van der Waals surface area contributed by atoms with Crippen LogP contribution in [-0.2, 0) is 19.3 Å². The molecule has 0 spiro atoms. The Morgan fingerprint density at radius 2 is 1.09 bits per heavy atom. The molecule has 0 amide bonds. The molecule has 12 heteroatoms. The molecule has 0 fully saturated rings. The number of hydrogen-bond donors (Lipinski definition) is 10. The Balaban J connectivity index is 1.39. The molecule has 2 aliphatic heterocycles. The second-order valence-corrected chi connectivity index (χ2v) is 11.1. The van der Waals surface area contributed by atoms with E-state index >= 15 is 0 Å². The number of benzene rings is 4. The van der Waals surface area contributed by atoms with Gasteiger partial charge in [0.1, 0.15) is 46.7 Å². The van der Waals surface area contributed by atoms with Crippen molar-refractivity contribution < 1.29 is 60.5 Å². The van der Waals surface area contributed by atoms with Crippen LogP contribution in [0.5, 0.6) is 57.5 Å². The fraction of sp³-hybridized carbons (Fsp3) is 0.250. The third-order valence-corrected chi connectivity index (χ3v) is 8.29. The van der Waals surface area contributed by atoms with Crippen molar-refractivity contribution in [3.8, 4) is 57.5 Å². The van der Waals surface area contributed by atoms with Crippen LogP contribution in [-0.4, -0.2) is 63.3 Å². The Hall–Kier alpha value is -5.20. The molecule has 0 unspecified atom stereocenters. The van der Waals surface area contributed by atoms with E-state index < -0.39 is 47.4 Å². The first kappa shape index (κ1) is 28.9. The highest BCUT2D eigenvalue weighted by Gasteiger charge is 2.38. The van der Waals surface area contributed by atoms with Gasteiger partial charge in [0.2, 0.25) is 0 Å². The number of rotatable bonds is 4. The molecule has 0 aromatic heterocycles. The lowest BCUT2D eigenvalue weighted by Gasteiger charge is -2.34. The lowest BCUT2D eigenvalue weighted by molar-refractivity contribution is 0.0187. The standard InChI is InChI=1S/C32H30O12/c1-12-27(41)17(28(42)18-10-26(40)30(43-29(12)18)13-2-4-19(33)23(37)6-13)8-15-21(35)11-22(36)16-9-25(39)31(44-32(15)16)14-3-5-20(34)24(38)7-14/h2-7,11,25-26,30-31,33-42H,8-10H2,1H3/t25-,26-,30+,31+/m0/s1. The number of hydrogen-bond acceptors (Lipinski definition) is 12. The van der Waals surface area contributed by atoms with Gasteiger partial charge >= 0.3 is 0 Å². The van der Waals surface area contributed by atoms with E-state index in [2.05, 4.69) is 0 Å². The lowest BCUT2D eigenvalue weighted by Crippen LogP contribution is -2.31. The Morgan fingerprint density at radius 3 is 1.64 bits per heavy atom. The van der Waals surface area contributed by atoms with Crippen LogP contribution in [0.4, 0.5) is 0 Å². The minimum atomic E-state index is -1.18. The van der Waals surface area contributed by atoms with Crippen molar-refractivity contribution in [3.05, 3.63) is 81.4 Å². The van der Waals surface area contributed by atoms with E-state index in [0.29, 0.717) is 11.1 Å². The molecular weight excluding hydrogens is 576 g/mol. The second-order valence-electron chi connectivity index (χ2n) is 11.1. The van der Waals surface area contributed by atoms with Crippen molar-refractivity contribution in [2.45, 2.75) is 50.6 Å². The first-order valence-corrected chi connectivity index (χ1v) is 13.7. The number of fused-ring (bicyclic) bond motifs is 2. The lowest BCUT2D eigenvalue weighted by atomic mass is 9.87. The number of aliphatic hydroxyl groups is 2. The smallest absolute Gasteiger partial charge is 0.157 e. The second kappa shape index (κ2) is 10.5. The maximum Gasteiger partial charge on any atom is 0.157 e. The van der Waals surface area contributed by atoms with Gasteiger partial charge < -0.3 is 60.5 Å². The minimum absolute atomic E-state index is 0.00280. The Labute approximate surface area is 250 Å². The van der Waals surface area contributed by atoms with Crippen molar-refractivity contribution in [1.82, 2.24) is 0 Å². The molecule has 2 aliphatic rings. The van der Waals surface area contributed by atoms with Gasteiger partial charge in [0, 0.05) is 53.1 Å². The zero-order valence-corrected chi connectivity index (χ0v) is 23.3. The van der Waals surface area contributed by atoms with Crippen LogP contribution in [0.3, 0.4) is 0 Å². The highest BCUT2D eigenvalue weighted by atomic mass is 16.5. The van der Waals surface area contributed by atoms with Gasteiger partial charge in [-0.15, -0.1) is 0 Å². The van der Waals surface area contributed by atoms with Crippen molar-refractivity contribution in [2.24, 2.45) is 0 Å². The van der Waals surface area contributed by atoms with Crippen molar-refractivity contribution in [1.29, 1.82) is 0 Å². The SMILES string of the molecule is Cc1c(O)c(Cc2c(O)cc(O)c3c2O[C@H](c2ccc(O)c(O)c2)[C@@H](O)C3)c(O)c2c1O[C@H](c1ccc(O)c(O)c1)[C@@H](O)C2. The van der Waals surface area contributed by atoms with Crippen molar-refractivity contribution in [2.75, 3.05) is 0 Å². The third kappa shape index (κ3) is 4.64. The van der Waals surface area contributed by atoms with E-state index in [0.717, 1.165) is 6.07 Å². The number of aliphatic hydroxyl groups excluding tert-OH is 2. The predicted molar refractivity (Wildman–Crippen MR) is 153 cm³/mol. The number of aromatic hydroxyl groups is 8. The highest BCUT2D eigenvalue weighted by molar-refractivity contribution is 5.66. The first-order chi connectivity index (χ1) is 20.8. The zero-order valence-electron chi connectivity index (χ0n) is 23.3. The summed E-state index contributed by atoms with van der Waals surface area (Å²) in [4.78, 5) is 0. The van der Waals surface area contributed by atoms with Crippen LogP contribution in [0.15, 0.2) is 42.5 Å². The molecule has 10 N–H and O–H groups in total. The average Bonchev–Trinajstić information content (AvgIpc) is 2.98. The van der Waals surface area contributed by atoms with Gasteiger partial charge in [-0.05, 0) is 42.3 Å². The maximum absolute atomic E-state index is 11.3. The van der Waals surface area contributed by atoms with Gasteiger partial charge in [-0.3, -0.25) is 0 Å². The maximum atomic E-state index is 11.3. The fourth-order valence-corrected chi connectivity index (χ4v) is 5.94. The number of ether oxygens (including phenoxy) is 2. The first-order valence-electron chi connectivity index (χ1n) is 13.7. The Morgan fingerprint density at radius 1 is 0.568 bits per heavy atom. The normalized spacial score (nSPS) is 20.7. The van der Waals surface area contributed by atoms with Crippen molar-refractivity contribution >= 4 is 0 Å². The summed E-state index contributed by atoms with van der Waals surface area (Å²) in [6.45, 7) is 1.55. The molecule has 4 atom stereocenters. The largest absolute Gasteiger partial charge is 0.507 e. The third-order valence-electron chi connectivity index (χ3n) is 8.29. The fourth-order valence-electron chi connectivity index (χ4n) is 5.94. The van der Waals surface area contributed by atoms with Crippen molar-refractivity contribution in [3.63, 3.8) is 0 Å². The van der Waals surface area contributed by atoms with Crippen LogP contribution < -0.4 is 9.47 Å². The summed E-state index contributed by atoms with van der Waals surface area (Å²) in [5.41, 5.74) is 1.34. The average molecular weight is 607 g/mol. The summed E-state index contributed by atoms with van der Waals surface area (Å²) in [5, 5.41) is 105. The summed E-state index contributed by atoms with van der Waals surface area (Å²) in [6, 6.07) is 8.94. The van der Waals surface area contributed by atoms with Crippen LogP contribution in [0.25, 0.3) is 0 Å². The zero-order chi connectivity index (χ0) is 31.6. The topological polar surface area (TPSA) is 221 Å². The van der Waals surface area contributed by atoms with E-state index in [-0.39, 0.29) is 81.6 Å². The summed E-state index contributed by atoms with van der Waals surface area (Å²) in [5.74, 6) is -2.94. The molecule has 0 bridgehead atoms. The molecule has 0 radical (unpaired) electrons. The van der Waals surface area contributed by atoms with Crippen LogP contribution in [0, 0.1) is 6.92 Å². The molecule has 44 heavy (non-hydrogen) atoms. The number of phenols is 8. The minimum Gasteiger partial charge on any atom is -0.507 e. The molecule has 0 saturated carbocycles. The summed E-state index contributed by atoms with van der Waals surface area (Å²) < 4.78 is 12.1. The van der Waals surface area contributed by atoms with Gasteiger partial charge in [-0.2, -0.15) is 0 Å². The van der Waals surface area contributed by atoms with E-state index in [1.165, 1.54) is 36.4 Å². The Kier molecular flexibility index (Phi) is 6.90. The molecular formula is C32H30O12. The highest BCUT2D eigenvalue weighted by Crippen LogP contribution is 2.52. The molecule has 6 rings (SSSR count). The summed E-state index contributed by atoms with van der Waals surface area (Å²) in [6.07, 6.45) is -4.91. The molecule has 230 valence electrons. The molecule has 4 aromatic carbocycles. The monoisotopic (exact) mass is 606 g/mol. The van der Waals surface area contributed by atoms with E-state index in [1.54, 1.807) is 6.92 Å². The molecule has 2 heterocycles. The molecule has 4 aromatic rings. The Bertz CT molecular complexity index is 1800. The van der Waals surface area contributed by atoms with E-state index in [4.69, 9.17) is 9.47 Å². The predicted octanol–water partition coefficient (Wildman–Crippen LogP) is 3.30. The molecule has 0 aliphatic carbocycles. The molecule has 0 saturated heterocycles. The van der Waals surface area contributed by atoms with Crippen LogP contribution >= 0.6 is 0 Å². The van der Waals surface area contributed by atoms with Gasteiger partial charge in [0.25, 0.3) is 0 Å². The summed E-state index contributed by atoms with van der Waals surface area (Å²) >= 11 is 0. The van der Waals surface area contributed by atoms with Gasteiger partial charge in [-0.25, -0.2) is 0 Å².